The summed E-state index contributed by atoms with van der Waals surface area (Å²) in [4.78, 5) is 29.4. The second kappa shape index (κ2) is 6.91. The first-order valence-corrected chi connectivity index (χ1v) is 8.52. The van der Waals surface area contributed by atoms with Gasteiger partial charge in [-0.2, -0.15) is 0 Å². The number of carboxylic acid groups (broad SMARTS) is 1. The zero-order valence-corrected chi connectivity index (χ0v) is 13.5. The van der Waals surface area contributed by atoms with Gasteiger partial charge in [-0.1, -0.05) is 30.3 Å². The molecule has 0 spiro atoms. The Bertz CT molecular complexity index is 699. The number of carbonyl (C=O) groups is 2. The van der Waals surface area contributed by atoms with Crippen LogP contribution in [-0.2, 0) is 17.6 Å². The van der Waals surface area contributed by atoms with E-state index in [9.17, 15) is 9.59 Å². The lowest BCUT2D eigenvalue weighted by Gasteiger charge is -2.13. The Kier molecular flexibility index (Phi) is 4.71. The molecular weight excluding hydrogens is 312 g/mol. The van der Waals surface area contributed by atoms with Gasteiger partial charge in [-0.15, -0.1) is 11.3 Å². The summed E-state index contributed by atoms with van der Waals surface area (Å²) in [6.07, 6.45) is 2.22. The molecule has 1 aromatic carbocycles. The first-order chi connectivity index (χ1) is 11.1. The van der Waals surface area contributed by atoms with E-state index in [1.807, 2.05) is 18.2 Å². The Morgan fingerprint density at radius 3 is 2.74 bits per heavy atom. The third-order valence-corrected chi connectivity index (χ3v) is 4.97. The fourth-order valence-corrected chi connectivity index (χ4v) is 3.50. The second-order valence-electron chi connectivity index (χ2n) is 5.69. The van der Waals surface area contributed by atoms with Gasteiger partial charge in [0.15, 0.2) is 0 Å². The first kappa shape index (κ1) is 15.7. The van der Waals surface area contributed by atoms with Gasteiger partial charge in [-0.05, 0) is 18.4 Å². The topological polar surface area (TPSA) is 70.5 Å². The molecule has 5 nitrogen and oxygen atoms in total. The van der Waals surface area contributed by atoms with Crippen molar-refractivity contribution in [2.45, 2.75) is 19.3 Å². The van der Waals surface area contributed by atoms with E-state index in [4.69, 9.17) is 5.11 Å². The maximum atomic E-state index is 12.4. The van der Waals surface area contributed by atoms with E-state index in [0.717, 1.165) is 17.8 Å². The standard InChI is InChI=1S/C17H18N2O3S/c20-16(19-9-8-13(10-19)17(21)22)14-11-23-15(18-14)7-6-12-4-2-1-3-5-12/h1-5,11,13H,6-10H2,(H,21,22)/t13-/m1/s1. The summed E-state index contributed by atoms with van der Waals surface area (Å²) in [6, 6.07) is 10.2. The summed E-state index contributed by atoms with van der Waals surface area (Å²) in [5, 5.41) is 11.7. The van der Waals surface area contributed by atoms with Crippen molar-refractivity contribution < 1.29 is 14.7 Å². The van der Waals surface area contributed by atoms with Crippen molar-refractivity contribution in [2.24, 2.45) is 5.92 Å². The molecule has 0 saturated carbocycles. The number of likely N-dealkylation sites (tertiary alicyclic amines) is 1. The number of aromatic nitrogens is 1. The van der Waals surface area contributed by atoms with Gasteiger partial charge in [0.05, 0.1) is 10.9 Å². The minimum Gasteiger partial charge on any atom is -0.481 e. The first-order valence-electron chi connectivity index (χ1n) is 7.64. The minimum atomic E-state index is -0.831. The Morgan fingerprint density at radius 1 is 1.26 bits per heavy atom. The number of benzene rings is 1. The summed E-state index contributed by atoms with van der Waals surface area (Å²) < 4.78 is 0. The largest absolute Gasteiger partial charge is 0.481 e. The molecule has 1 fully saturated rings. The monoisotopic (exact) mass is 330 g/mol. The summed E-state index contributed by atoms with van der Waals surface area (Å²) in [7, 11) is 0. The van der Waals surface area contributed by atoms with Crippen LogP contribution in [0.25, 0.3) is 0 Å². The van der Waals surface area contributed by atoms with Gasteiger partial charge >= 0.3 is 5.97 Å². The van der Waals surface area contributed by atoms with Crippen LogP contribution in [0.3, 0.4) is 0 Å². The Labute approximate surface area is 138 Å². The average Bonchev–Trinajstić information content (AvgIpc) is 3.23. The van der Waals surface area contributed by atoms with E-state index in [-0.39, 0.29) is 12.5 Å². The molecule has 1 N–H and O–H groups in total. The highest BCUT2D eigenvalue weighted by Crippen LogP contribution is 2.20. The zero-order chi connectivity index (χ0) is 16.2. The normalized spacial score (nSPS) is 17.4. The van der Waals surface area contributed by atoms with Crippen LogP contribution in [0.2, 0.25) is 0 Å². The molecule has 0 bridgehead atoms. The fraction of sp³-hybridized carbons (Fsp3) is 0.353. The van der Waals surface area contributed by atoms with E-state index >= 15 is 0 Å². The molecule has 0 radical (unpaired) electrons. The number of carbonyl (C=O) groups excluding carboxylic acids is 1. The predicted molar refractivity (Wildman–Crippen MR) is 87.6 cm³/mol. The number of aryl methyl sites for hydroxylation is 2. The van der Waals surface area contributed by atoms with E-state index in [0.29, 0.717) is 18.7 Å². The average molecular weight is 330 g/mol. The molecule has 1 aromatic heterocycles. The molecule has 1 amide bonds. The quantitative estimate of drug-likeness (QED) is 0.914. The maximum Gasteiger partial charge on any atom is 0.308 e. The van der Waals surface area contributed by atoms with Gasteiger partial charge in [0.25, 0.3) is 5.91 Å². The molecule has 0 aliphatic carbocycles. The number of rotatable bonds is 5. The Balaban J connectivity index is 1.58. The van der Waals surface area contributed by atoms with Crippen LogP contribution in [0.15, 0.2) is 35.7 Å². The second-order valence-corrected chi connectivity index (χ2v) is 6.63. The number of nitrogens with zero attached hydrogens (tertiary/aromatic N) is 2. The molecule has 1 aliphatic heterocycles. The number of carboxylic acids is 1. The summed E-state index contributed by atoms with van der Waals surface area (Å²) >= 11 is 1.49. The molecule has 1 saturated heterocycles. The molecule has 0 unspecified atom stereocenters. The van der Waals surface area contributed by atoms with Crippen LogP contribution < -0.4 is 0 Å². The van der Waals surface area contributed by atoms with Crippen LogP contribution in [-0.4, -0.2) is 40.0 Å². The van der Waals surface area contributed by atoms with Gasteiger partial charge < -0.3 is 10.0 Å². The molecule has 2 aromatic rings. The maximum absolute atomic E-state index is 12.4. The van der Waals surface area contributed by atoms with Crippen LogP contribution in [0.1, 0.15) is 27.5 Å². The molecule has 6 heteroatoms. The van der Waals surface area contributed by atoms with Gasteiger partial charge in [-0.3, -0.25) is 9.59 Å². The molecule has 2 heterocycles. The number of aliphatic carboxylic acids is 1. The van der Waals surface area contributed by atoms with Crippen molar-refractivity contribution >= 4 is 23.2 Å². The van der Waals surface area contributed by atoms with Crippen molar-refractivity contribution in [3.05, 3.63) is 52.0 Å². The highest BCUT2D eigenvalue weighted by molar-refractivity contribution is 7.09. The van der Waals surface area contributed by atoms with E-state index in [1.54, 1.807) is 10.3 Å². The lowest BCUT2D eigenvalue weighted by atomic mass is 10.1. The number of hydrogen-bond donors (Lipinski definition) is 1. The summed E-state index contributed by atoms with van der Waals surface area (Å²) in [6.45, 7) is 0.776. The van der Waals surface area contributed by atoms with E-state index in [1.165, 1.54) is 16.9 Å². The third-order valence-electron chi connectivity index (χ3n) is 4.07. The van der Waals surface area contributed by atoms with Gasteiger partial charge in [0, 0.05) is 24.9 Å². The van der Waals surface area contributed by atoms with Crippen molar-refractivity contribution in [3.63, 3.8) is 0 Å². The van der Waals surface area contributed by atoms with Crippen molar-refractivity contribution in [1.29, 1.82) is 0 Å². The molecule has 1 atom stereocenters. The lowest BCUT2D eigenvalue weighted by molar-refractivity contribution is -0.141. The molecular formula is C17H18N2O3S. The number of hydrogen-bond acceptors (Lipinski definition) is 4. The molecule has 120 valence electrons. The van der Waals surface area contributed by atoms with Crippen molar-refractivity contribution in [1.82, 2.24) is 9.88 Å². The van der Waals surface area contributed by atoms with Gasteiger partial charge in [0.1, 0.15) is 5.69 Å². The SMILES string of the molecule is O=C(O)[C@@H]1CCN(C(=O)c2csc(CCc3ccccc3)n2)C1. The summed E-state index contributed by atoms with van der Waals surface area (Å²) in [5.41, 5.74) is 1.68. The molecule has 23 heavy (non-hydrogen) atoms. The fourth-order valence-electron chi connectivity index (χ4n) is 2.73. The van der Waals surface area contributed by atoms with E-state index in [2.05, 4.69) is 17.1 Å². The molecule has 1 aliphatic rings. The summed E-state index contributed by atoms with van der Waals surface area (Å²) in [5.74, 6) is -1.44. The third kappa shape index (κ3) is 3.76. The van der Waals surface area contributed by atoms with E-state index < -0.39 is 11.9 Å². The van der Waals surface area contributed by atoms with Gasteiger partial charge in [-0.25, -0.2) is 4.98 Å². The number of thiazole rings is 1. The smallest absolute Gasteiger partial charge is 0.308 e. The highest BCUT2D eigenvalue weighted by atomic mass is 32.1. The Hall–Kier alpha value is -2.21. The Morgan fingerprint density at radius 2 is 2.04 bits per heavy atom. The minimum absolute atomic E-state index is 0.157. The highest BCUT2D eigenvalue weighted by Gasteiger charge is 2.32. The lowest BCUT2D eigenvalue weighted by Crippen LogP contribution is -2.30. The van der Waals surface area contributed by atoms with Crippen molar-refractivity contribution in [3.8, 4) is 0 Å². The van der Waals surface area contributed by atoms with Crippen molar-refractivity contribution in [2.75, 3.05) is 13.1 Å². The van der Waals surface area contributed by atoms with Gasteiger partial charge in [0.2, 0.25) is 0 Å². The van der Waals surface area contributed by atoms with Crippen LogP contribution in [0.4, 0.5) is 0 Å². The van der Waals surface area contributed by atoms with Crippen LogP contribution in [0, 0.1) is 5.92 Å². The van der Waals surface area contributed by atoms with Crippen LogP contribution in [0.5, 0.6) is 0 Å². The predicted octanol–water partition coefficient (Wildman–Crippen LogP) is 2.48. The number of amides is 1. The van der Waals surface area contributed by atoms with Crippen LogP contribution >= 0.6 is 11.3 Å². The molecule has 3 rings (SSSR count). The zero-order valence-electron chi connectivity index (χ0n) is 12.6.